The summed E-state index contributed by atoms with van der Waals surface area (Å²) in [6.07, 6.45) is 2.27. The first kappa shape index (κ1) is 18.7. The minimum absolute atomic E-state index is 0.0151. The number of anilines is 1. The maximum atomic E-state index is 13.1. The van der Waals surface area contributed by atoms with E-state index in [1.54, 1.807) is 17.0 Å². The van der Waals surface area contributed by atoms with Crippen molar-refractivity contribution >= 4 is 17.5 Å². The molecule has 0 fully saturated rings. The van der Waals surface area contributed by atoms with Crippen molar-refractivity contribution in [1.82, 2.24) is 15.1 Å². The molecule has 3 aromatic rings. The topological polar surface area (TPSA) is 97.4 Å². The van der Waals surface area contributed by atoms with E-state index in [2.05, 4.69) is 10.4 Å². The number of benzene rings is 1. The molecule has 2 amide bonds. The number of hydrogen-bond acceptors (Lipinski definition) is 5. The maximum Gasteiger partial charge on any atom is 0.278 e. The number of carbonyl (C=O) groups is 2. The molecule has 8 heteroatoms. The number of para-hydroxylation sites is 1. The summed E-state index contributed by atoms with van der Waals surface area (Å²) < 4.78 is 6.15. The van der Waals surface area contributed by atoms with E-state index < -0.39 is 11.5 Å². The Hall–Kier alpha value is -3.68. The summed E-state index contributed by atoms with van der Waals surface area (Å²) in [4.78, 5) is 39.1. The van der Waals surface area contributed by atoms with Gasteiger partial charge in [-0.1, -0.05) is 18.2 Å². The second-order valence-electron chi connectivity index (χ2n) is 6.93. The smallest absolute Gasteiger partial charge is 0.278 e. The predicted molar refractivity (Wildman–Crippen MR) is 105 cm³/mol. The van der Waals surface area contributed by atoms with Crippen LogP contribution in [0.2, 0.25) is 0 Å². The standard InChI is InChI=1S/C21H20N4O4/c1-14-11-15-5-2-3-7-18(15)25(14)21(28)17-8-9-20(27)24(23-17)13-19(26)22-12-16-6-4-10-29-16/h2-10,14H,11-13H2,1H3,(H,22,26)/t14-/m1/s1. The van der Waals surface area contributed by atoms with Crippen molar-refractivity contribution in [1.29, 1.82) is 0 Å². The van der Waals surface area contributed by atoms with Crippen LogP contribution in [0.3, 0.4) is 0 Å². The number of rotatable bonds is 5. The second kappa shape index (κ2) is 7.75. The molecule has 0 radical (unpaired) electrons. The first-order chi connectivity index (χ1) is 14.0. The molecule has 0 unspecified atom stereocenters. The Morgan fingerprint density at radius 2 is 2.00 bits per heavy atom. The highest BCUT2D eigenvalue weighted by Crippen LogP contribution is 2.32. The molecule has 1 atom stereocenters. The first-order valence-corrected chi connectivity index (χ1v) is 9.31. The fourth-order valence-electron chi connectivity index (χ4n) is 3.47. The van der Waals surface area contributed by atoms with Crippen molar-refractivity contribution in [3.63, 3.8) is 0 Å². The van der Waals surface area contributed by atoms with Gasteiger partial charge < -0.3 is 14.6 Å². The van der Waals surface area contributed by atoms with Crippen LogP contribution >= 0.6 is 0 Å². The highest BCUT2D eigenvalue weighted by molar-refractivity contribution is 6.06. The Balaban J connectivity index is 1.51. The van der Waals surface area contributed by atoms with E-state index in [9.17, 15) is 14.4 Å². The second-order valence-corrected chi connectivity index (χ2v) is 6.93. The molecule has 1 aliphatic heterocycles. The van der Waals surface area contributed by atoms with Gasteiger partial charge in [-0.15, -0.1) is 0 Å². The molecular formula is C21H20N4O4. The summed E-state index contributed by atoms with van der Waals surface area (Å²) in [5, 5.41) is 6.79. The summed E-state index contributed by atoms with van der Waals surface area (Å²) in [6.45, 7) is 1.89. The molecule has 148 valence electrons. The first-order valence-electron chi connectivity index (χ1n) is 9.31. The fraction of sp³-hybridized carbons (Fsp3) is 0.238. The molecule has 1 N–H and O–H groups in total. The molecule has 4 rings (SSSR count). The molecular weight excluding hydrogens is 372 g/mol. The fourth-order valence-corrected chi connectivity index (χ4v) is 3.47. The number of amides is 2. The van der Waals surface area contributed by atoms with E-state index in [4.69, 9.17) is 4.42 Å². The Labute approximate surface area is 166 Å². The van der Waals surface area contributed by atoms with E-state index in [0.29, 0.717) is 5.76 Å². The lowest BCUT2D eigenvalue weighted by Gasteiger charge is -2.22. The van der Waals surface area contributed by atoms with Crippen LogP contribution in [0.1, 0.15) is 28.7 Å². The van der Waals surface area contributed by atoms with Gasteiger partial charge in [0.25, 0.3) is 11.5 Å². The molecule has 8 nitrogen and oxygen atoms in total. The Morgan fingerprint density at radius 1 is 1.17 bits per heavy atom. The molecule has 0 bridgehead atoms. The summed E-state index contributed by atoms with van der Waals surface area (Å²) >= 11 is 0. The van der Waals surface area contributed by atoms with Crippen LogP contribution in [-0.4, -0.2) is 27.6 Å². The molecule has 3 heterocycles. The number of furan rings is 1. The lowest BCUT2D eigenvalue weighted by atomic mass is 10.1. The zero-order chi connectivity index (χ0) is 20.4. The third-order valence-corrected chi connectivity index (χ3v) is 4.85. The van der Waals surface area contributed by atoms with E-state index in [0.717, 1.165) is 22.4 Å². The van der Waals surface area contributed by atoms with Crippen molar-refractivity contribution < 1.29 is 14.0 Å². The molecule has 0 aliphatic carbocycles. The molecule has 1 aliphatic rings. The van der Waals surface area contributed by atoms with E-state index in [1.807, 2.05) is 31.2 Å². The summed E-state index contributed by atoms with van der Waals surface area (Å²) in [5.74, 6) is -0.100. The highest BCUT2D eigenvalue weighted by atomic mass is 16.3. The van der Waals surface area contributed by atoms with Gasteiger partial charge in [-0.3, -0.25) is 14.4 Å². The largest absolute Gasteiger partial charge is 0.467 e. The van der Waals surface area contributed by atoms with Crippen molar-refractivity contribution in [2.24, 2.45) is 0 Å². The molecule has 0 spiro atoms. The minimum atomic E-state index is -0.454. The van der Waals surface area contributed by atoms with Crippen LogP contribution in [0, 0.1) is 0 Å². The Bertz CT molecular complexity index is 1100. The Morgan fingerprint density at radius 3 is 2.79 bits per heavy atom. The number of fused-ring (bicyclic) bond motifs is 1. The molecule has 1 aromatic carbocycles. The van der Waals surface area contributed by atoms with Gasteiger partial charge in [-0.25, -0.2) is 4.68 Å². The SMILES string of the molecule is C[C@@H]1Cc2ccccc2N1C(=O)c1ccc(=O)n(CC(=O)NCc2ccco2)n1. The summed E-state index contributed by atoms with van der Waals surface area (Å²) in [6, 6.07) is 13.8. The van der Waals surface area contributed by atoms with Gasteiger partial charge in [0, 0.05) is 17.8 Å². The van der Waals surface area contributed by atoms with Crippen LogP contribution in [0.25, 0.3) is 0 Å². The van der Waals surface area contributed by atoms with Gasteiger partial charge >= 0.3 is 0 Å². The lowest BCUT2D eigenvalue weighted by Crippen LogP contribution is -2.38. The molecule has 0 saturated heterocycles. The third-order valence-electron chi connectivity index (χ3n) is 4.85. The van der Waals surface area contributed by atoms with Crippen molar-refractivity contribution in [3.8, 4) is 0 Å². The lowest BCUT2D eigenvalue weighted by molar-refractivity contribution is -0.122. The van der Waals surface area contributed by atoms with Gasteiger partial charge in [-0.2, -0.15) is 5.10 Å². The minimum Gasteiger partial charge on any atom is -0.467 e. The monoisotopic (exact) mass is 392 g/mol. The van der Waals surface area contributed by atoms with E-state index >= 15 is 0 Å². The number of nitrogens with one attached hydrogen (secondary N) is 1. The van der Waals surface area contributed by atoms with Crippen molar-refractivity contribution in [3.05, 3.63) is 82.2 Å². The molecule has 29 heavy (non-hydrogen) atoms. The van der Waals surface area contributed by atoms with Gasteiger partial charge in [0.2, 0.25) is 5.91 Å². The number of nitrogens with zero attached hydrogens (tertiary/aromatic N) is 3. The van der Waals surface area contributed by atoms with Gasteiger partial charge in [0.05, 0.1) is 12.8 Å². The number of hydrogen-bond donors (Lipinski definition) is 1. The molecule has 2 aromatic heterocycles. The Kier molecular flexibility index (Phi) is 4.99. The van der Waals surface area contributed by atoms with Crippen LogP contribution < -0.4 is 15.8 Å². The van der Waals surface area contributed by atoms with Crippen LogP contribution in [-0.2, 0) is 24.3 Å². The van der Waals surface area contributed by atoms with Gasteiger partial charge in [0.15, 0.2) is 0 Å². The highest BCUT2D eigenvalue weighted by Gasteiger charge is 2.32. The quantitative estimate of drug-likeness (QED) is 0.713. The maximum absolute atomic E-state index is 13.1. The van der Waals surface area contributed by atoms with Crippen LogP contribution in [0.4, 0.5) is 5.69 Å². The van der Waals surface area contributed by atoms with Crippen LogP contribution in [0.15, 0.2) is 64.0 Å². The zero-order valence-electron chi connectivity index (χ0n) is 15.9. The predicted octanol–water partition coefficient (Wildman–Crippen LogP) is 1.74. The van der Waals surface area contributed by atoms with E-state index in [-0.39, 0.29) is 30.7 Å². The van der Waals surface area contributed by atoms with Crippen LogP contribution in [0.5, 0.6) is 0 Å². The average Bonchev–Trinajstić information content (AvgIpc) is 3.34. The van der Waals surface area contributed by atoms with E-state index in [1.165, 1.54) is 18.4 Å². The zero-order valence-corrected chi connectivity index (χ0v) is 15.9. The summed E-state index contributed by atoms with van der Waals surface area (Å²) in [7, 11) is 0. The third kappa shape index (κ3) is 3.82. The average molecular weight is 392 g/mol. The van der Waals surface area contributed by atoms with Crippen molar-refractivity contribution in [2.45, 2.75) is 32.5 Å². The van der Waals surface area contributed by atoms with Gasteiger partial charge in [0.1, 0.15) is 18.0 Å². The molecule has 0 saturated carbocycles. The van der Waals surface area contributed by atoms with Crippen molar-refractivity contribution in [2.75, 3.05) is 4.90 Å². The number of aromatic nitrogens is 2. The normalized spacial score (nSPS) is 15.2. The number of carbonyl (C=O) groups excluding carboxylic acids is 2. The summed E-state index contributed by atoms with van der Waals surface area (Å²) in [5.41, 5.74) is 1.61. The van der Waals surface area contributed by atoms with Gasteiger partial charge in [-0.05, 0) is 43.2 Å².